The van der Waals surface area contributed by atoms with Crippen LogP contribution in [0.4, 0.5) is 0 Å². The van der Waals surface area contributed by atoms with E-state index in [1.165, 1.54) is 7.11 Å². The molecule has 5 N–H and O–H groups in total. The quantitative estimate of drug-likeness (QED) is 0.326. The van der Waals surface area contributed by atoms with Crippen LogP contribution < -0.4 is 20.7 Å². The van der Waals surface area contributed by atoms with Crippen LogP contribution in [0.3, 0.4) is 0 Å². The van der Waals surface area contributed by atoms with Crippen LogP contribution in [-0.2, 0) is 14.4 Å². The van der Waals surface area contributed by atoms with E-state index in [4.69, 9.17) is 16.3 Å². The number of amides is 3. The summed E-state index contributed by atoms with van der Waals surface area (Å²) in [6, 6.07) is 2.81. The lowest BCUT2D eigenvalue weighted by atomic mass is 9.91. The van der Waals surface area contributed by atoms with E-state index in [1.807, 2.05) is 13.8 Å². The fourth-order valence-corrected chi connectivity index (χ4v) is 5.00. The van der Waals surface area contributed by atoms with Gasteiger partial charge < -0.3 is 30.8 Å². The van der Waals surface area contributed by atoms with E-state index in [-0.39, 0.29) is 23.9 Å². The third-order valence-electron chi connectivity index (χ3n) is 6.75. The maximum Gasteiger partial charge on any atom is 0.326 e. The Kier molecular flexibility index (Phi) is 7.17. The number of aliphatic carboxylic acids is 1. The number of benzene rings is 1. The molecule has 194 valence electrons. The number of aromatic amines is 1. The molecule has 3 atom stereocenters. The predicted octanol–water partition coefficient (Wildman–Crippen LogP) is 2.60. The lowest BCUT2D eigenvalue weighted by Crippen LogP contribution is -2.52. The minimum absolute atomic E-state index is 0.0250. The fraction of sp³-hybridized carbons (Fsp3) is 0.520. The maximum absolute atomic E-state index is 13.1. The number of carbonyl (C=O) groups excluding carboxylic acids is 3. The number of carboxylic acid groups (broad SMARTS) is 1. The van der Waals surface area contributed by atoms with Crippen molar-refractivity contribution < 1.29 is 29.0 Å². The topological polar surface area (TPSA) is 150 Å². The normalized spacial score (nSPS) is 20.4. The molecule has 3 amide bonds. The number of fused-ring (bicyclic) bond motifs is 1. The van der Waals surface area contributed by atoms with Crippen molar-refractivity contribution in [2.75, 3.05) is 7.11 Å². The summed E-state index contributed by atoms with van der Waals surface area (Å²) in [5.74, 6) is -2.24. The average molecular weight is 519 g/mol. The van der Waals surface area contributed by atoms with E-state index < -0.39 is 41.3 Å². The van der Waals surface area contributed by atoms with Gasteiger partial charge in [0, 0.05) is 22.9 Å². The van der Waals surface area contributed by atoms with Gasteiger partial charge >= 0.3 is 5.97 Å². The molecule has 2 aliphatic rings. The standard InChI is InChI=1S/C25H31ClN4O6/c1-25(2)11-14(21(31)30-25)9-19(24(34)35)29-22(32)17(6-12-4-5-12)28-23(33)18-8-13-7-15(36-3)10-16(26)20(13)27-18/h7-8,10,12,14,17,19,27H,4-6,9,11H2,1-3H3,(H,28,33)(H,29,32)(H,30,31)(H,34,35)/t14-,17+,19+/m1/s1. The first-order valence-corrected chi connectivity index (χ1v) is 12.4. The van der Waals surface area contributed by atoms with E-state index in [9.17, 15) is 24.3 Å². The van der Waals surface area contributed by atoms with Gasteiger partial charge in [0.25, 0.3) is 5.91 Å². The van der Waals surface area contributed by atoms with Crippen LogP contribution in [0.25, 0.3) is 10.9 Å². The van der Waals surface area contributed by atoms with Crippen LogP contribution >= 0.6 is 11.6 Å². The van der Waals surface area contributed by atoms with Crippen molar-refractivity contribution >= 4 is 46.2 Å². The lowest BCUT2D eigenvalue weighted by Gasteiger charge is -2.22. The van der Waals surface area contributed by atoms with Gasteiger partial charge in [0.15, 0.2) is 0 Å². The van der Waals surface area contributed by atoms with Crippen LogP contribution in [0.2, 0.25) is 5.02 Å². The lowest BCUT2D eigenvalue weighted by molar-refractivity contribution is -0.142. The Morgan fingerprint density at radius 3 is 2.47 bits per heavy atom. The van der Waals surface area contributed by atoms with E-state index in [1.54, 1.807) is 18.2 Å². The molecule has 36 heavy (non-hydrogen) atoms. The molecule has 4 rings (SSSR count). The summed E-state index contributed by atoms with van der Waals surface area (Å²) in [5.41, 5.74) is 0.354. The summed E-state index contributed by atoms with van der Waals surface area (Å²) in [7, 11) is 1.52. The molecular formula is C25H31ClN4O6. The SMILES string of the molecule is COc1cc(Cl)c2[nH]c(C(=O)N[C@@H](CC3CC3)C(=O)N[C@@H](C[C@@H]3CC(C)(C)NC3=O)C(=O)O)cc2c1. The molecule has 10 nitrogen and oxygen atoms in total. The van der Waals surface area contributed by atoms with Crippen molar-refractivity contribution in [3.05, 3.63) is 28.9 Å². The number of H-pyrrole nitrogens is 1. The third-order valence-corrected chi connectivity index (χ3v) is 7.04. The van der Waals surface area contributed by atoms with Crippen molar-refractivity contribution in [3.8, 4) is 5.75 Å². The van der Waals surface area contributed by atoms with Crippen LogP contribution in [0.1, 0.15) is 56.4 Å². The molecule has 0 bridgehead atoms. The van der Waals surface area contributed by atoms with E-state index >= 15 is 0 Å². The predicted molar refractivity (Wildman–Crippen MR) is 133 cm³/mol. The molecule has 0 unspecified atom stereocenters. The summed E-state index contributed by atoms with van der Waals surface area (Å²) in [5, 5.41) is 18.9. The number of hydrogen-bond acceptors (Lipinski definition) is 5. The summed E-state index contributed by atoms with van der Waals surface area (Å²) in [6.07, 6.45) is 2.74. The van der Waals surface area contributed by atoms with E-state index in [2.05, 4.69) is 20.9 Å². The van der Waals surface area contributed by atoms with Gasteiger partial charge in [-0.3, -0.25) is 14.4 Å². The highest BCUT2D eigenvalue weighted by Crippen LogP contribution is 2.34. The third kappa shape index (κ3) is 5.92. The van der Waals surface area contributed by atoms with E-state index in [0.717, 1.165) is 12.8 Å². The first-order valence-electron chi connectivity index (χ1n) is 12.0. The number of nitrogens with one attached hydrogen (secondary N) is 4. The Morgan fingerprint density at radius 2 is 1.89 bits per heavy atom. The molecule has 1 aliphatic heterocycles. The number of halogens is 1. The van der Waals surface area contributed by atoms with Gasteiger partial charge in [-0.1, -0.05) is 24.4 Å². The monoisotopic (exact) mass is 518 g/mol. The summed E-state index contributed by atoms with van der Waals surface area (Å²) in [4.78, 5) is 53.3. The van der Waals surface area contributed by atoms with Gasteiger partial charge in [-0.05, 0) is 51.2 Å². The van der Waals surface area contributed by atoms with Gasteiger partial charge in [-0.2, -0.15) is 0 Å². The number of carbonyl (C=O) groups is 4. The zero-order chi connectivity index (χ0) is 26.2. The van der Waals surface area contributed by atoms with E-state index in [0.29, 0.717) is 34.5 Å². The largest absolute Gasteiger partial charge is 0.497 e. The second-order valence-corrected chi connectivity index (χ2v) is 10.8. The zero-order valence-electron chi connectivity index (χ0n) is 20.4. The van der Waals surface area contributed by atoms with Crippen molar-refractivity contribution in [1.29, 1.82) is 0 Å². The van der Waals surface area contributed by atoms with Gasteiger partial charge in [-0.15, -0.1) is 0 Å². The average Bonchev–Trinajstić information content (AvgIpc) is 3.43. The smallest absolute Gasteiger partial charge is 0.326 e. The number of rotatable bonds is 10. The molecule has 1 aromatic carbocycles. The first kappa shape index (κ1) is 25.8. The Hall–Kier alpha value is -3.27. The molecule has 2 aromatic rings. The molecular weight excluding hydrogens is 488 g/mol. The van der Waals surface area contributed by atoms with Gasteiger partial charge in [-0.25, -0.2) is 4.79 Å². The highest BCUT2D eigenvalue weighted by Gasteiger charge is 2.40. The molecule has 1 saturated heterocycles. The molecule has 1 saturated carbocycles. The second kappa shape index (κ2) is 10.0. The number of carboxylic acids is 1. The number of methoxy groups -OCH3 is 1. The highest BCUT2D eigenvalue weighted by atomic mass is 35.5. The van der Waals surface area contributed by atoms with Crippen molar-refractivity contribution in [3.63, 3.8) is 0 Å². The number of aromatic nitrogens is 1. The summed E-state index contributed by atoms with van der Waals surface area (Å²) >= 11 is 6.29. The van der Waals surface area contributed by atoms with Crippen LogP contribution in [0.15, 0.2) is 18.2 Å². The fourth-order valence-electron chi connectivity index (χ4n) is 4.73. The number of ether oxygens (including phenoxy) is 1. The zero-order valence-corrected chi connectivity index (χ0v) is 21.2. The van der Waals surface area contributed by atoms with Crippen LogP contribution in [0.5, 0.6) is 5.75 Å². The van der Waals surface area contributed by atoms with Gasteiger partial charge in [0.1, 0.15) is 23.5 Å². The van der Waals surface area contributed by atoms with Crippen molar-refractivity contribution in [2.45, 2.75) is 63.6 Å². The van der Waals surface area contributed by atoms with Gasteiger partial charge in [0.2, 0.25) is 11.8 Å². The molecule has 0 spiro atoms. The molecule has 2 heterocycles. The molecule has 1 aliphatic carbocycles. The Morgan fingerprint density at radius 1 is 1.17 bits per heavy atom. The minimum atomic E-state index is -1.25. The Labute approximate surface area is 213 Å². The maximum atomic E-state index is 13.1. The van der Waals surface area contributed by atoms with Gasteiger partial charge in [0.05, 0.1) is 17.6 Å². The van der Waals surface area contributed by atoms with Crippen molar-refractivity contribution in [1.82, 2.24) is 20.9 Å². The highest BCUT2D eigenvalue weighted by molar-refractivity contribution is 6.35. The molecule has 0 radical (unpaired) electrons. The van der Waals surface area contributed by atoms with Crippen LogP contribution in [-0.4, -0.2) is 58.5 Å². The minimum Gasteiger partial charge on any atom is -0.497 e. The first-order chi connectivity index (χ1) is 17.0. The van der Waals surface area contributed by atoms with Crippen molar-refractivity contribution in [2.24, 2.45) is 11.8 Å². The Balaban J connectivity index is 1.47. The Bertz CT molecular complexity index is 1200. The summed E-state index contributed by atoms with van der Waals surface area (Å²) < 4.78 is 5.22. The molecule has 11 heteroatoms. The number of hydrogen-bond donors (Lipinski definition) is 5. The van der Waals surface area contributed by atoms with Crippen LogP contribution in [0, 0.1) is 11.8 Å². The summed E-state index contributed by atoms with van der Waals surface area (Å²) in [6.45, 7) is 3.74. The molecule has 1 aromatic heterocycles. The second-order valence-electron chi connectivity index (χ2n) is 10.4. The molecule has 2 fully saturated rings.